The highest BCUT2D eigenvalue weighted by atomic mass is 16.5. The fourth-order valence-corrected chi connectivity index (χ4v) is 2.46. The number of para-hydroxylation sites is 1. The SMILES string of the molecule is Cc1nc(C(=O)N2CC(C(=O)O)Cc3ccccc32)no1. The molecular weight excluding hydrogens is 274 g/mol. The Morgan fingerprint density at radius 3 is 2.81 bits per heavy atom. The predicted octanol–water partition coefficient (Wildman–Crippen LogP) is 1.28. The first-order chi connectivity index (χ1) is 10.1. The van der Waals surface area contributed by atoms with Crippen molar-refractivity contribution in [1.82, 2.24) is 10.1 Å². The minimum Gasteiger partial charge on any atom is -0.481 e. The van der Waals surface area contributed by atoms with Crippen LogP contribution in [0.3, 0.4) is 0 Å². The second-order valence-electron chi connectivity index (χ2n) is 4.92. The lowest BCUT2D eigenvalue weighted by Crippen LogP contribution is -2.43. The number of carbonyl (C=O) groups is 2. The number of benzene rings is 1. The van der Waals surface area contributed by atoms with Crippen LogP contribution in [0.4, 0.5) is 5.69 Å². The second-order valence-corrected chi connectivity index (χ2v) is 4.92. The molecule has 1 amide bonds. The van der Waals surface area contributed by atoms with Gasteiger partial charge in [-0.2, -0.15) is 4.98 Å². The maximum absolute atomic E-state index is 12.5. The number of hydrogen-bond acceptors (Lipinski definition) is 5. The number of carboxylic acids is 1. The van der Waals surface area contributed by atoms with Crippen LogP contribution in [-0.2, 0) is 11.2 Å². The molecule has 3 rings (SSSR count). The molecule has 1 aromatic heterocycles. The third-order valence-electron chi connectivity index (χ3n) is 3.46. The summed E-state index contributed by atoms with van der Waals surface area (Å²) >= 11 is 0. The molecule has 108 valence electrons. The second kappa shape index (κ2) is 5.01. The molecule has 1 atom stereocenters. The van der Waals surface area contributed by atoms with Crippen molar-refractivity contribution < 1.29 is 19.2 Å². The van der Waals surface area contributed by atoms with Crippen LogP contribution in [0.5, 0.6) is 0 Å². The van der Waals surface area contributed by atoms with Crippen LogP contribution in [-0.4, -0.2) is 33.7 Å². The fourth-order valence-electron chi connectivity index (χ4n) is 2.46. The van der Waals surface area contributed by atoms with E-state index in [1.807, 2.05) is 18.2 Å². The highest BCUT2D eigenvalue weighted by molar-refractivity contribution is 6.04. The Balaban J connectivity index is 2.00. The van der Waals surface area contributed by atoms with Crippen LogP contribution in [0.25, 0.3) is 0 Å². The topological polar surface area (TPSA) is 96.5 Å². The molecule has 1 aliphatic rings. The molecule has 1 N–H and O–H groups in total. The zero-order chi connectivity index (χ0) is 15.0. The van der Waals surface area contributed by atoms with E-state index >= 15 is 0 Å². The van der Waals surface area contributed by atoms with Crippen molar-refractivity contribution in [2.24, 2.45) is 5.92 Å². The van der Waals surface area contributed by atoms with E-state index in [0.717, 1.165) is 5.56 Å². The molecule has 0 saturated heterocycles. The molecule has 1 aromatic carbocycles. The highest BCUT2D eigenvalue weighted by Crippen LogP contribution is 2.30. The summed E-state index contributed by atoms with van der Waals surface area (Å²) in [4.78, 5) is 29.1. The van der Waals surface area contributed by atoms with Crippen LogP contribution in [0, 0.1) is 12.8 Å². The van der Waals surface area contributed by atoms with Crippen LogP contribution in [0.15, 0.2) is 28.8 Å². The molecule has 2 heterocycles. The molecule has 1 unspecified atom stereocenters. The number of aliphatic carboxylic acids is 1. The van der Waals surface area contributed by atoms with Crippen molar-refractivity contribution in [3.63, 3.8) is 0 Å². The number of nitrogens with zero attached hydrogens (tertiary/aromatic N) is 3. The molecule has 7 heteroatoms. The number of aromatic nitrogens is 2. The molecule has 0 aliphatic carbocycles. The van der Waals surface area contributed by atoms with E-state index in [1.54, 1.807) is 13.0 Å². The van der Waals surface area contributed by atoms with Crippen molar-refractivity contribution in [3.05, 3.63) is 41.5 Å². The van der Waals surface area contributed by atoms with Gasteiger partial charge in [-0.05, 0) is 18.1 Å². The first-order valence-corrected chi connectivity index (χ1v) is 6.49. The number of amides is 1. The van der Waals surface area contributed by atoms with E-state index < -0.39 is 17.8 Å². The molecule has 0 fully saturated rings. The summed E-state index contributed by atoms with van der Waals surface area (Å²) in [5, 5.41) is 12.9. The van der Waals surface area contributed by atoms with E-state index in [2.05, 4.69) is 10.1 Å². The Hall–Kier alpha value is -2.70. The van der Waals surface area contributed by atoms with Gasteiger partial charge in [-0.25, -0.2) is 0 Å². The Bertz CT molecular complexity index is 710. The number of aryl methyl sites for hydroxylation is 1. The largest absolute Gasteiger partial charge is 0.481 e. The maximum Gasteiger partial charge on any atom is 0.308 e. The number of anilines is 1. The maximum atomic E-state index is 12.5. The Morgan fingerprint density at radius 2 is 2.14 bits per heavy atom. The highest BCUT2D eigenvalue weighted by Gasteiger charge is 2.34. The van der Waals surface area contributed by atoms with E-state index in [4.69, 9.17) is 4.52 Å². The molecule has 0 spiro atoms. The summed E-state index contributed by atoms with van der Waals surface area (Å²) in [5.41, 5.74) is 1.52. The third-order valence-corrected chi connectivity index (χ3v) is 3.46. The van der Waals surface area contributed by atoms with E-state index in [1.165, 1.54) is 4.90 Å². The smallest absolute Gasteiger partial charge is 0.308 e. The lowest BCUT2D eigenvalue weighted by molar-refractivity contribution is -0.141. The van der Waals surface area contributed by atoms with Gasteiger partial charge in [-0.3, -0.25) is 9.59 Å². The minimum atomic E-state index is -0.924. The van der Waals surface area contributed by atoms with E-state index in [9.17, 15) is 14.7 Å². The number of fused-ring (bicyclic) bond motifs is 1. The van der Waals surface area contributed by atoms with Crippen LogP contribution in [0.2, 0.25) is 0 Å². The predicted molar refractivity (Wildman–Crippen MR) is 72.0 cm³/mol. The van der Waals surface area contributed by atoms with Gasteiger partial charge in [0.05, 0.1) is 5.92 Å². The first-order valence-electron chi connectivity index (χ1n) is 6.49. The van der Waals surface area contributed by atoms with Gasteiger partial charge in [0.1, 0.15) is 0 Å². The Morgan fingerprint density at radius 1 is 1.38 bits per heavy atom. The van der Waals surface area contributed by atoms with Crippen LogP contribution in [0.1, 0.15) is 22.1 Å². The Kier molecular flexibility index (Phi) is 3.17. The van der Waals surface area contributed by atoms with Crippen molar-refractivity contribution >= 4 is 17.6 Å². The number of hydrogen-bond donors (Lipinski definition) is 1. The summed E-state index contributed by atoms with van der Waals surface area (Å²) in [6, 6.07) is 7.25. The normalized spacial score (nSPS) is 17.4. The minimum absolute atomic E-state index is 0.0617. The molecule has 0 bridgehead atoms. The van der Waals surface area contributed by atoms with Gasteiger partial charge >= 0.3 is 5.97 Å². The van der Waals surface area contributed by atoms with Crippen molar-refractivity contribution in [2.75, 3.05) is 11.4 Å². The number of rotatable bonds is 2. The first kappa shape index (κ1) is 13.3. The van der Waals surface area contributed by atoms with Crippen molar-refractivity contribution in [3.8, 4) is 0 Å². The van der Waals surface area contributed by atoms with Gasteiger partial charge in [0, 0.05) is 19.2 Å². The summed E-state index contributed by atoms with van der Waals surface area (Å²) in [7, 11) is 0. The fraction of sp³-hybridized carbons (Fsp3) is 0.286. The molecule has 21 heavy (non-hydrogen) atoms. The van der Waals surface area contributed by atoms with Crippen LogP contribution < -0.4 is 4.90 Å². The molecule has 1 aliphatic heterocycles. The summed E-state index contributed by atoms with van der Waals surface area (Å²) < 4.78 is 4.81. The number of carboxylic acid groups (broad SMARTS) is 1. The number of carbonyl (C=O) groups excluding carboxylic acids is 1. The third kappa shape index (κ3) is 2.37. The summed E-state index contributed by atoms with van der Waals surface area (Å²) in [5.74, 6) is -1.79. The quantitative estimate of drug-likeness (QED) is 0.893. The van der Waals surface area contributed by atoms with Crippen molar-refractivity contribution in [1.29, 1.82) is 0 Å². The molecule has 7 nitrogen and oxygen atoms in total. The lowest BCUT2D eigenvalue weighted by atomic mass is 9.92. The molecule has 0 radical (unpaired) electrons. The van der Waals surface area contributed by atoms with E-state index in [0.29, 0.717) is 18.0 Å². The zero-order valence-electron chi connectivity index (χ0n) is 11.3. The van der Waals surface area contributed by atoms with Gasteiger partial charge in [0.2, 0.25) is 5.89 Å². The molecule has 2 aromatic rings. The van der Waals surface area contributed by atoms with Gasteiger partial charge in [0.25, 0.3) is 11.7 Å². The monoisotopic (exact) mass is 287 g/mol. The van der Waals surface area contributed by atoms with Crippen LogP contribution >= 0.6 is 0 Å². The van der Waals surface area contributed by atoms with Gasteiger partial charge in [0.15, 0.2) is 0 Å². The summed E-state index contributed by atoms with van der Waals surface area (Å²) in [6.45, 7) is 1.69. The average molecular weight is 287 g/mol. The van der Waals surface area contributed by atoms with Crippen molar-refractivity contribution in [2.45, 2.75) is 13.3 Å². The standard InChI is InChI=1S/C14H13N3O4/c1-8-15-12(16-21-8)13(18)17-7-10(14(19)20)6-9-4-2-3-5-11(9)17/h2-5,10H,6-7H2,1H3,(H,19,20). The average Bonchev–Trinajstić information content (AvgIpc) is 2.92. The molecule has 0 saturated carbocycles. The summed E-state index contributed by atoms with van der Waals surface area (Å²) in [6.07, 6.45) is 0.403. The zero-order valence-corrected chi connectivity index (χ0v) is 11.3. The van der Waals surface area contributed by atoms with Gasteiger partial charge in [-0.15, -0.1) is 0 Å². The van der Waals surface area contributed by atoms with Gasteiger partial charge < -0.3 is 14.5 Å². The lowest BCUT2D eigenvalue weighted by Gasteiger charge is -2.32. The van der Waals surface area contributed by atoms with E-state index in [-0.39, 0.29) is 12.4 Å². The molecular formula is C14H13N3O4. The Labute approximate surface area is 120 Å². The van der Waals surface area contributed by atoms with Gasteiger partial charge in [-0.1, -0.05) is 23.4 Å².